The Kier molecular flexibility index (Phi) is 4.20. The van der Waals surface area contributed by atoms with Crippen LogP contribution < -0.4 is 10.9 Å². The molecule has 0 fully saturated rings. The van der Waals surface area contributed by atoms with Crippen molar-refractivity contribution in [2.75, 3.05) is 13.2 Å². The van der Waals surface area contributed by atoms with Crippen LogP contribution in [-0.4, -0.2) is 29.1 Å². The number of aryl methyl sites for hydroxylation is 1. The minimum Gasteiger partial charge on any atom is -0.396 e. The Balaban J connectivity index is 2.39. The summed E-state index contributed by atoms with van der Waals surface area (Å²) >= 11 is 0. The number of pyridine rings is 1. The van der Waals surface area contributed by atoms with Crippen molar-refractivity contribution in [2.45, 2.75) is 13.8 Å². The summed E-state index contributed by atoms with van der Waals surface area (Å²) in [5, 5.41) is 12.5. The van der Waals surface area contributed by atoms with Gasteiger partial charge in [0.1, 0.15) is 5.56 Å². The molecular formula is C15H18N2O3. The SMILES string of the molecule is Cc1c(C(=O)NCC(C)CO)c(=O)[nH]c2ccccc12. The predicted octanol–water partition coefficient (Wildman–Crippen LogP) is 1.19. The molecule has 2 rings (SSSR count). The van der Waals surface area contributed by atoms with E-state index in [9.17, 15) is 9.59 Å². The fraction of sp³-hybridized carbons (Fsp3) is 0.333. The van der Waals surface area contributed by atoms with Gasteiger partial charge in [0.2, 0.25) is 0 Å². The fourth-order valence-corrected chi connectivity index (χ4v) is 2.10. The minimum atomic E-state index is -0.408. The Morgan fingerprint density at radius 2 is 2.10 bits per heavy atom. The molecule has 0 aliphatic carbocycles. The highest BCUT2D eigenvalue weighted by Crippen LogP contribution is 2.16. The van der Waals surface area contributed by atoms with Gasteiger partial charge in [0.15, 0.2) is 0 Å². The van der Waals surface area contributed by atoms with Crippen LogP contribution in [0.2, 0.25) is 0 Å². The molecule has 0 radical (unpaired) electrons. The quantitative estimate of drug-likeness (QED) is 0.783. The second-order valence-corrected chi connectivity index (χ2v) is 5.00. The lowest BCUT2D eigenvalue weighted by Gasteiger charge is -2.11. The maximum absolute atomic E-state index is 12.1. The molecule has 1 heterocycles. The molecule has 5 heteroatoms. The van der Waals surface area contributed by atoms with Crippen LogP contribution in [0.4, 0.5) is 0 Å². The molecule has 2 aromatic rings. The van der Waals surface area contributed by atoms with Gasteiger partial charge in [0.25, 0.3) is 11.5 Å². The topological polar surface area (TPSA) is 82.2 Å². The van der Waals surface area contributed by atoms with E-state index in [4.69, 9.17) is 5.11 Å². The van der Waals surface area contributed by atoms with E-state index in [0.717, 1.165) is 10.9 Å². The highest BCUT2D eigenvalue weighted by Gasteiger charge is 2.16. The zero-order valence-electron chi connectivity index (χ0n) is 11.6. The summed E-state index contributed by atoms with van der Waals surface area (Å²) in [6.45, 7) is 3.91. The third kappa shape index (κ3) is 2.72. The molecule has 0 bridgehead atoms. The monoisotopic (exact) mass is 274 g/mol. The molecule has 1 aromatic heterocycles. The molecule has 0 spiro atoms. The van der Waals surface area contributed by atoms with Crippen molar-refractivity contribution in [1.29, 1.82) is 0 Å². The largest absolute Gasteiger partial charge is 0.396 e. The molecule has 0 aliphatic rings. The molecule has 106 valence electrons. The van der Waals surface area contributed by atoms with Crippen molar-refractivity contribution in [3.8, 4) is 0 Å². The molecule has 1 atom stereocenters. The molecular weight excluding hydrogens is 256 g/mol. The second-order valence-electron chi connectivity index (χ2n) is 5.00. The van der Waals surface area contributed by atoms with Crippen molar-refractivity contribution in [2.24, 2.45) is 5.92 Å². The number of hydrogen-bond donors (Lipinski definition) is 3. The van der Waals surface area contributed by atoms with Crippen LogP contribution in [0.1, 0.15) is 22.8 Å². The van der Waals surface area contributed by atoms with Crippen molar-refractivity contribution < 1.29 is 9.90 Å². The van der Waals surface area contributed by atoms with Crippen LogP contribution in [0, 0.1) is 12.8 Å². The van der Waals surface area contributed by atoms with Gasteiger partial charge in [-0.2, -0.15) is 0 Å². The molecule has 3 N–H and O–H groups in total. The molecule has 5 nitrogen and oxygen atoms in total. The van der Waals surface area contributed by atoms with Gasteiger partial charge in [-0.05, 0) is 24.5 Å². The average Bonchev–Trinajstić information content (AvgIpc) is 2.44. The van der Waals surface area contributed by atoms with E-state index in [-0.39, 0.29) is 18.1 Å². The number of carbonyl (C=O) groups is 1. The van der Waals surface area contributed by atoms with Crippen molar-refractivity contribution in [3.63, 3.8) is 0 Å². The third-order valence-electron chi connectivity index (χ3n) is 3.33. The van der Waals surface area contributed by atoms with Gasteiger partial charge in [-0.25, -0.2) is 0 Å². The number of aliphatic hydroxyl groups excluding tert-OH is 1. The van der Waals surface area contributed by atoms with Gasteiger partial charge in [0, 0.05) is 24.1 Å². The Bertz CT molecular complexity index is 691. The molecule has 1 aromatic carbocycles. The Morgan fingerprint density at radius 1 is 1.40 bits per heavy atom. The number of amides is 1. The highest BCUT2D eigenvalue weighted by atomic mass is 16.3. The highest BCUT2D eigenvalue weighted by molar-refractivity contribution is 5.99. The summed E-state index contributed by atoms with van der Waals surface area (Å²) in [5.74, 6) is -0.450. The summed E-state index contributed by atoms with van der Waals surface area (Å²) in [5.41, 5.74) is 1.12. The number of H-pyrrole nitrogens is 1. The summed E-state index contributed by atoms with van der Waals surface area (Å²) in [6.07, 6.45) is 0. The predicted molar refractivity (Wildman–Crippen MR) is 77.9 cm³/mol. The number of rotatable bonds is 4. The number of fused-ring (bicyclic) bond motifs is 1. The van der Waals surface area contributed by atoms with E-state index < -0.39 is 11.5 Å². The number of aromatic amines is 1. The number of aliphatic hydroxyl groups is 1. The van der Waals surface area contributed by atoms with Crippen LogP contribution in [0.3, 0.4) is 0 Å². The maximum atomic E-state index is 12.1. The molecule has 1 unspecified atom stereocenters. The van der Waals surface area contributed by atoms with E-state index in [1.165, 1.54) is 0 Å². The zero-order chi connectivity index (χ0) is 14.7. The normalized spacial score (nSPS) is 12.3. The first-order chi connectivity index (χ1) is 9.54. The molecule has 1 amide bonds. The summed E-state index contributed by atoms with van der Waals surface area (Å²) < 4.78 is 0. The zero-order valence-corrected chi connectivity index (χ0v) is 11.6. The van der Waals surface area contributed by atoms with E-state index in [1.807, 2.05) is 25.1 Å². The van der Waals surface area contributed by atoms with Gasteiger partial charge >= 0.3 is 0 Å². The van der Waals surface area contributed by atoms with E-state index in [1.54, 1.807) is 13.0 Å². The minimum absolute atomic E-state index is 0.00661. The van der Waals surface area contributed by atoms with E-state index in [0.29, 0.717) is 12.1 Å². The molecule has 0 saturated heterocycles. The standard InChI is InChI=1S/C15H18N2O3/c1-9(8-18)7-16-14(19)13-10(2)11-5-3-4-6-12(11)17-15(13)20/h3-6,9,18H,7-8H2,1-2H3,(H,16,19)(H,17,20). The van der Waals surface area contributed by atoms with Crippen LogP contribution in [-0.2, 0) is 0 Å². The van der Waals surface area contributed by atoms with Crippen molar-refractivity contribution in [1.82, 2.24) is 10.3 Å². The van der Waals surface area contributed by atoms with E-state index >= 15 is 0 Å². The number of para-hydroxylation sites is 1. The Hall–Kier alpha value is -2.14. The average molecular weight is 274 g/mol. The van der Waals surface area contributed by atoms with Crippen LogP contribution in [0.25, 0.3) is 10.9 Å². The first kappa shape index (κ1) is 14.3. The first-order valence-electron chi connectivity index (χ1n) is 6.55. The van der Waals surface area contributed by atoms with Gasteiger partial charge in [-0.1, -0.05) is 25.1 Å². The lowest BCUT2D eigenvalue weighted by molar-refractivity contribution is 0.0940. The van der Waals surface area contributed by atoms with Gasteiger partial charge in [-0.15, -0.1) is 0 Å². The Morgan fingerprint density at radius 3 is 2.80 bits per heavy atom. The lowest BCUT2D eigenvalue weighted by atomic mass is 10.0. The van der Waals surface area contributed by atoms with Crippen LogP contribution in [0.15, 0.2) is 29.1 Å². The van der Waals surface area contributed by atoms with Crippen molar-refractivity contribution >= 4 is 16.8 Å². The van der Waals surface area contributed by atoms with Gasteiger partial charge in [-0.3, -0.25) is 9.59 Å². The first-order valence-corrected chi connectivity index (χ1v) is 6.55. The summed E-state index contributed by atoms with van der Waals surface area (Å²) in [7, 11) is 0. The maximum Gasteiger partial charge on any atom is 0.261 e. The number of hydrogen-bond acceptors (Lipinski definition) is 3. The Labute approximate surface area is 116 Å². The summed E-state index contributed by atoms with van der Waals surface area (Å²) in [6, 6.07) is 7.37. The van der Waals surface area contributed by atoms with Crippen LogP contribution >= 0.6 is 0 Å². The smallest absolute Gasteiger partial charge is 0.261 e. The second kappa shape index (κ2) is 5.88. The van der Waals surface area contributed by atoms with Crippen LogP contribution in [0.5, 0.6) is 0 Å². The number of nitrogens with one attached hydrogen (secondary N) is 2. The third-order valence-corrected chi connectivity index (χ3v) is 3.33. The fourth-order valence-electron chi connectivity index (χ4n) is 2.10. The van der Waals surface area contributed by atoms with E-state index in [2.05, 4.69) is 10.3 Å². The van der Waals surface area contributed by atoms with Gasteiger partial charge in [0.05, 0.1) is 0 Å². The molecule has 0 aliphatic heterocycles. The van der Waals surface area contributed by atoms with Gasteiger partial charge < -0.3 is 15.4 Å². The number of benzene rings is 1. The number of carbonyl (C=O) groups excluding carboxylic acids is 1. The molecule has 20 heavy (non-hydrogen) atoms. The summed E-state index contributed by atoms with van der Waals surface area (Å²) in [4.78, 5) is 26.9. The lowest BCUT2D eigenvalue weighted by Crippen LogP contribution is -2.34. The molecule has 0 saturated carbocycles. The van der Waals surface area contributed by atoms with Crippen molar-refractivity contribution in [3.05, 3.63) is 45.7 Å². The number of aromatic nitrogens is 1.